The van der Waals surface area contributed by atoms with Gasteiger partial charge in [-0.3, -0.25) is 0 Å². The second-order valence-corrected chi connectivity index (χ2v) is 4.75. The maximum absolute atomic E-state index is 5.48. The van der Waals surface area contributed by atoms with E-state index in [4.69, 9.17) is 4.74 Å². The molecule has 1 aromatic rings. The molecule has 0 radical (unpaired) electrons. The van der Waals surface area contributed by atoms with Crippen molar-refractivity contribution in [3.8, 4) is 5.75 Å². The number of ether oxygens (including phenoxy) is 1. The molecular weight excluding hydrogens is 266 g/mol. The number of hydrogen-bond acceptors (Lipinski definition) is 2. The highest BCUT2D eigenvalue weighted by atomic mass is 79.9. The van der Waals surface area contributed by atoms with Gasteiger partial charge in [0.15, 0.2) is 0 Å². The van der Waals surface area contributed by atoms with E-state index in [0.717, 1.165) is 16.8 Å². The summed E-state index contributed by atoms with van der Waals surface area (Å²) in [6.07, 6.45) is 1.74. The molecular formula is C13H18BrNO. The Hall–Kier alpha value is -0.800. The van der Waals surface area contributed by atoms with E-state index in [2.05, 4.69) is 53.8 Å². The summed E-state index contributed by atoms with van der Waals surface area (Å²) in [5.74, 6) is 0.855. The summed E-state index contributed by atoms with van der Waals surface area (Å²) in [5, 5.41) is 3.37. The Morgan fingerprint density at radius 3 is 2.81 bits per heavy atom. The van der Waals surface area contributed by atoms with E-state index < -0.39 is 0 Å². The fraction of sp³-hybridized carbons (Fsp3) is 0.385. The Balaban J connectivity index is 2.63. The lowest BCUT2D eigenvalue weighted by Gasteiger charge is -2.10. The fourth-order valence-electron chi connectivity index (χ4n) is 1.24. The molecule has 0 aliphatic heterocycles. The van der Waals surface area contributed by atoms with Crippen LogP contribution in [-0.4, -0.2) is 12.6 Å². The minimum Gasteiger partial charge on any atom is -0.488 e. The number of hydrogen-bond donors (Lipinski definition) is 1. The van der Waals surface area contributed by atoms with Crippen LogP contribution < -0.4 is 10.1 Å². The molecule has 0 amide bonds. The number of nitrogens with one attached hydrogen (secondary N) is 1. The molecule has 16 heavy (non-hydrogen) atoms. The monoisotopic (exact) mass is 283 g/mol. The molecule has 0 aliphatic rings. The Labute approximate surface area is 106 Å². The van der Waals surface area contributed by atoms with Crippen molar-refractivity contribution in [1.29, 1.82) is 0 Å². The van der Waals surface area contributed by atoms with E-state index >= 15 is 0 Å². The lowest BCUT2D eigenvalue weighted by atomic mass is 10.2. The Morgan fingerprint density at radius 2 is 2.25 bits per heavy atom. The van der Waals surface area contributed by atoms with E-state index in [1.807, 2.05) is 6.07 Å². The van der Waals surface area contributed by atoms with Crippen LogP contribution in [0.1, 0.15) is 19.4 Å². The van der Waals surface area contributed by atoms with Gasteiger partial charge in [0.25, 0.3) is 0 Å². The lowest BCUT2D eigenvalue weighted by molar-refractivity contribution is 0.361. The number of benzene rings is 1. The summed E-state index contributed by atoms with van der Waals surface area (Å²) in [6, 6.07) is 6.62. The molecule has 1 aromatic carbocycles. The molecule has 0 bridgehead atoms. The molecule has 1 N–H and O–H groups in total. The first-order valence-electron chi connectivity index (χ1n) is 5.39. The van der Waals surface area contributed by atoms with Gasteiger partial charge in [0.2, 0.25) is 0 Å². The summed E-state index contributed by atoms with van der Waals surface area (Å²) in [7, 11) is 0. The minimum atomic E-state index is 0.496. The van der Waals surface area contributed by atoms with Crippen LogP contribution in [0.15, 0.2) is 35.3 Å². The van der Waals surface area contributed by atoms with Crippen molar-refractivity contribution in [3.63, 3.8) is 0 Å². The molecule has 88 valence electrons. The first-order valence-corrected chi connectivity index (χ1v) is 6.18. The largest absolute Gasteiger partial charge is 0.488 e. The van der Waals surface area contributed by atoms with Crippen molar-refractivity contribution in [2.24, 2.45) is 0 Å². The molecule has 0 atom stereocenters. The van der Waals surface area contributed by atoms with E-state index in [1.165, 1.54) is 5.56 Å². The van der Waals surface area contributed by atoms with Gasteiger partial charge in [-0.15, -0.1) is 0 Å². The van der Waals surface area contributed by atoms with Gasteiger partial charge in [-0.05, 0) is 33.6 Å². The summed E-state index contributed by atoms with van der Waals surface area (Å²) >= 11 is 3.50. The topological polar surface area (TPSA) is 21.3 Å². The molecule has 0 saturated carbocycles. The molecule has 0 unspecified atom stereocenters. The molecule has 0 aliphatic carbocycles. The van der Waals surface area contributed by atoms with Gasteiger partial charge in [-0.1, -0.05) is 32.6 Å². The third-order valence-electron chi connectivity index (χ3n) is 2.07. The SMILES string of the molecule is C=CCOc1ccc(CNC(C)C)cc1Br. The third kappa shape index (κ3) is 4.37. The average molecular weight is 284 g/mol. The normalized spacial score (nSPS) is 10.5. The highest BCUT2D eigenvalue weighted by Crippen LogP contribution is 2.26. The van der Waals surface area contributed by atoms with Gasteiger partial charge in [-0.25, -0.2) is 0 Å². The first kappa shape index (κ1) is 13.3. The molecule has 1 rings (SSSR count). The Morgan fingerprint density at radius 1 is 1.50 bits per heavy atom. The Kier molecular flexibility index (Phi) is 5.56. The highest BCUT2D eigenvalue weighted by Gasteiger charge is 2.02. The van der Waals surface area contributed by atoms with Crippen molar-refractivity contribution in [3.05, 3.63) is 40.9 Å². The number of halogens is 1. The molecule has 0 heterocycles. The van der Waals surface area contributed by atoms with Gasteiger partial charge in [-0.2, -0.15) is 0 Å². The standard InChI is InChI=1S/C13H18BrNO/c1-4-7-16-13-6-5-11(8-12(13)14)9-15-10(2)3/h4-6,8,10,15H,1,7,9H2,2-3H3. The first-order chi connectivity index (χ1) is 7.63. The summed E-state index contributed by atoms with van der Waals surface area (Å²) < 4.78 is 6.46. The van der Waals surface area contributed by atoms with Crippen LogP contribution in [0.2, 0.25) is 0 Å². The predicted octanol–water partition coefficient (Wildman–Crippen LogP) is 3.51. The molecule has 3 heteroatoms. The number of rotatable bonds is 6. The third-order valence-corrected chi connectivity index (χ3v) is 2.69. The van der Waals surface area contributed by atoms with Crippen LogP contribution in [-0.2, 0) is 6.54 Å². The second-order valence-electron chi connectivity index (χ2n) is 3.90. The van der Waals surface area contributed by atoms with Crippen LogP contribution >= 0.6 is 15.9 Å². The van der Waals surface area contributed by atoms with Crippen LogP contribution in [0.3, 0.4) is 0 Å². The van der Waals surface area contributed by atoms with Crippen molar-refractivity contribution >= 4 is 15.9 Å². The lowest BCUT2D eigenvalue weighted by Crippen LogP contribution is -2.21. The molecule has 0 saturated heterocycles. The van der Waals surface area contributed by atoms with Gasteiger partial charge in [0.05, 0.1) is 4.47 Å². The summed E-state index contributed by atoms with van der Waals surface area (Å²) in [4.78, 5) is 0. The van der Waals surface area contributed by atoms with E-state index in [9.17, 15) is 0 Å². The van der Waals surface area contributed by atoms with Gasteiger partial charge < -0.3 is 10.1 Å². The molecule has 0 aromatic heterocycles. The quantitative estimate of drug-likeness (QED) is 0.807. The maximum Gasteiger partial charge on any atom is 0.133 e. The van der Waals surface area contributed by atoms with Crippen molar-refractivity contribution in [2.75, 3.05) is 6.61 Å². The minimum absolute atomic E-state index is 0.496. The zero-order valence-electron chi connectivity index (χ0n) is 9.79. The molecule has 2 nitrogen and oxygen atoms in total. The molecule has 0 fully saturated rings. The van der Waals surface area contributed by atoms with Gasteiger partial charge in [0, 0.05) is 12.6 Å². The van der Waals surface area contributed by atoms with Crippen molar-refractivity contribution in [2.45, 2.75) is 26.4 Å². The van der Waals surface area contributed by atoms with E-state index in [1.54, 1.807) is 6.08 Å². The van der Waals surface area contributed by atoms with E-state index in [0.29, 0.717) is 12.6 Å². The maximum atomic E-state index is 5.48. The van der Waals surface area contributed by atoms with Crippen molar-refractivity contribution < 1.29 is 4.74 Å². The van der Waals surface area contributed by atoms with Crippen LogP contribution in [0.5, 0.6) is 5.75 Å². The summed E-state index contributed by atoms with van der Waals surface area (Å²) in [6.45, 7) is 9.30. The fourth-order valence-corrected chi connectivity index (χ4v) is 1.78. The van der Waals surface area contributed by atoms with Gasteiger partial charge >= 0.3 is 0 Å². The second kappa shape index (κ2) is 6.71. The van der Waals surface area contributed by atoms with E-state index in [-0.39, 0.29) is 0 Å². The van der Waals surface area contributed by atoms with Crippen molar-refractivity contribution in [1.82, 2.24) is 5.32 Å². The van der Waals surface area contributed by atoms with Gasteiger partial charge in [0.1, 0.15) is 12.4 Å². The zero-order valence-corrected chi connectivity index (χ0v) is 11.4. The zero-order chi connectivity index (χ0) is 12.0. The van der Waals surface area contributed by atoms with Crippen LogP contribution in [0.25, 0.3) is 0 Å². The summed E-state index contributed by atoms with van der Waals surface area (Å²) in [5.41, 5.74) is 1.24. The predicted molar refractivity (Wildman–Crippen MR) is 71.8 cm³/mol. The smallest absolute Gasteiger partial charge is 0.133 e. The average Bonchev–Trinajstić information content (AvgIpc) is 2.25. The van der Waals surface area contributed by atoms with Crippen LogP contribution in [0, 0.1) is 0 Å². The van der Waals surface area contributed by atoms with Crippen LogP contribution in [0.4, 0.5) is 0 Å². The molecule has 0 spiro atoms. The highest BCUT2D eigenvalue weighted by molar-refractivity contribution is 9.10. The Bertz CT molecular complexity index is 350.